The third kappa shape index (κ3) is 14.8. The van der Waals surface area contributed by atoms with Crippen molar-refractivity contribution in [3.05, 3.63) is 22.2 Å². The molecule has 2 aliphatic heterocycles. The molecule has 0 bridgehead atoms. The van der Waals surface area contributed by atoms with Gasteiger partial charge in [0.15, 0.2) is 23.3 Å². The summed E-state index contributed by atoms with van der Waals surface area (Å²) in [4.78, 5) is 71.9. The third-order valence-corrected chi connectivity index (χ3v) is 14.3. The van der Waals surface area contributed by atoms with Crippen molar-refractivity contribution in [3.8, 4) is 0 Å². The first-order valence-electron chi connectivity index (χ1n) is 23.8. The van der Waals surface area contributed by atoms with Crippen LogP contribution in [0.4, 0.5) is 32.1 Å². The monoisotopic (exact) mass is 998 g/mol. The SMILES string of the molecule is CC[C@@H]1CN(c2nc(Cl)nc(NNC(=O)[C@H](CC3CCCC3)CN(O)C=O)c2F)[C@H](C)CN1C.CC[C@@H]1CN(c2nc(Cl)nc(NNC(=O)[C@H](CC3CCCC3)CN(O)C=O)c2F)[C@H](C)CN1C. The molecule has 0 spiro atoms. The number of rotatable bonds is 20. The minimum absolute atomic E-state index is 0.00498. The fourth-order valence-electron chi connectivity index (χ4n) is 10.1. The Morgan fingerprint density at radius 2 is 1.03 bits per heavy atom. The van der Waals surface area contributed by atoms with Gasteiger partial charge in [-0.2, -0.15) is 28.7 Å². The van der Waals surface area contributed by atoms with Crippen molar-refractivity contribution in [1.82, 2.24) is 50.7 Å². The van der Waals surface area contributed by atoms with E-state index in [4.69, 9.17) is 23.2 Å². The number of anilines is 4. The third-order valence-electron chi connectivity index (χ3n) is 13.9. The van der Waals surface area contributed by atoms with Crippen LogP contribution in [-0.2, 0) is 19.2 Å². The summed E-state index contributed by atoms with van der Waals surface area (Å²) in [7, 11) is 4.10. The number of likely N-dealkylation sites (N-methyl/N-ethyl adjacent to an activating group) is 2. The average Bonchev–Trinajstić information content (AvgIpc) is 4.04. The number of halogens is 4. The Morgan fingerprint density at radius 1 is 0.676 bits per heavy atom. The smallest absolute Gasteiger partial charge is 0.243 e. The standard InChI is InChI=1S/2C22H35ClFN7O3/c2*1-4-17-12-31(14(2)10-29(17)3)20-18(24)19(25-22(23)26-20)27-28-21(33)16(11-30(34)13-32)9-15-7-5-6-8-15/h2*13-17,34H,4-12H2,1-3H3,(H,28,33)(H,25,26,27)/t2*14-,16-,17-/m11/s1. The van der Waals surface area contributed by atoms with Crippen LogP contribution in [0.3, 0.4) is 0 Å². The van der Waals surface area contributed by atoms with Gasteiger partial charge in [-0.25, -0.2) is 10.1 Å². The molecule has 6 atom stereocenters. The van der Waals surface area contributed by atoms with Gasteiger partial charge in [0.2, 0.25) is 46.8 Å². The van der Waals surface area contributed by atoms with Crippen molar-refractivity contribution in [2.75, 3.05) is 74.0 Å². The van der Waals surface area contributed by atoms with Gasteiger partial charge >= 0.3 is 0 Å². The number of carbonyl (C=O) groups excluding carboxylic acids is 4. The summed E-state index contributed by atoms with van der Waals surface area (Å²) < 4.78 is 30.9. The van der Waals surface area contributed by atoms with Crippen LogP contribution in [-0.4, -0.2) is 152 Å². The molecule has 2 aromatic rings. The summed E-state index contributed by atoms with van der Waals surface area (Å²) in [6, 6.07) is 0.503. The highest BCUT2D eigenvalue weighted by Gasteiger charge is 2.35. The van der Waals surface area contributed by atoms with E-state index in [1.54, 1.807) is 0 Å². The second-order valence-corrected chi connectivity index (χ2v) is 19.5. The first kappa shape index (κ1) is 54.5. The van der Waals surface area contributed by atoms with Gasteiger partial charge in [0.1, 0.15) is 0 Å². The van der Waals surface area contributed by atoms with Crippen molar-refractivity contribution in [3.63, 3.8) is 0 Å². The summed E-state index contributed by atoms with van der Waals surface area (Å²) in [5.41, 5.74) is 10.0. The number of hydrazine groups is 2. The Labute approximate surface area is 407 Å². The zero-order valence-corrected chi connectivity index (χ0v) is 41.5. The van der Waals surface area contributed by atoms with Gasteiger partial charge < -0.3 is 9.80 Å². The molecular weight excluding hydrogens is 929 g/mol. The number of hydroxylamine groups is 4. The molecule has 24 heteroatoms. The predicted molar refractivity (Wildman–Crippen MR) is 254 cm³/mol. The highest BCUT2D eigenvalue weighted by molar-refractivity contribution is 6.28. The van der Waals surface area contributed by atoms with Crippen LogP contribution in [0, 0.1) is 35.3 Å². The number of piperazine rings is 2. The Hall–Kier alpha value is -4.48. The number of nitrogens with one attached hydrogen (secondary N) is 4. The lowest BCUT2D eigenvalue weighted by atomic mass is 9.92. The maximum atomic E-state index is 15.4. The van der Waals surface area contributed by atoms with Gasteiger partial charge in [0.05, 0.1) is 24.9 Å². The van der Waals surface area contributed by atoms with Crippen LogP contribution in [0.15, 0.2) is 0 Å². The molecule has 2 saturated carbocycles. The van der Waals surface area contributed by atoms with E-state index in [-0.39, 0.29) is 83.9 Å². The second kappa shape index (κ2) is 25.9. The summed E-state index contributed by atoms with van der Waals surface area (Å²) in [5.74, 6) is -3.29. The van der Waals surface area contributed by atoms with E-state index in [1.807, 2.05) is 37.7 Å². The lowest BCUT2D eigenvalue weighted by Crippen LogP contribution is -2.56. The highest BCUT2D eigenvalue weighted by Crippen LogP contribution is 2.34. The molecule has 68 heavy (non-hydrogen) atoms. The molecule has 2 aliphatic carbocycles. The van der Waals surface area contributed by atoms with Crippen LogP contribution in [0.2, 0.25) is 10.6 Å². The Balaban J connectivity index is 0.000000254. The van der Waals surface area contributed by atoms with E-state index in [2.05, 4.69) is 65.3 Å². The van der Waals surface area contributed by atoms with E-state index in [9.17, 15) is 29.6 Å². The van der Waals surface area contributed by atoms with E-state index >= 15 is 8.78 Å². The summed E-state index contributed by atoms with van der Waals surface area (Å²) in [5, 5.41) is 19.9. The molecule has 4 amide bonds. The molecule has 0 aromatic carbocycles. The topological polar surface area (TPSA) is 228 Å². The van der Waals surface area contributed by atoms with Crippen molar-refractivity contribution in [1.29, 1.82) is 0 Å². The zero-order chi connectivity index (χ0) is 49.7. The van der Waals surface area contributed by atoms with Crippen molar-refractivity contribution < 1.29 is 38.4 Å². The van der Waals surface area contributed by atoms with Crippen LogP contribution >= 0.6 is 23.2 Å². The van der Waals surface area contributed by atoms with Crippen LogP contribution in [0.1, 0.15) is 105 Å². The lowest BCUT2D eigenvalue weighted by molar-refractivity contribution is -0.155. The summed E-state index contributed by atoms with van der Waals surface area (Å²) >= 11 is 12.2. The van der Waals surface area contributed by atoms with Gasteiger partial charge in [0.25, 0.3) is 0 Å². The van der Waals surface area contributed by atoms with E-state index in [1.165, 1.54) is 0 Å². The Bertz CT molecular complexity index is 1850. The largest absolute Gasteiger partial charge is 0.348 e. The van der Waals surface area contributed by atoms with Gasteiger partial charge in [-0.05, 0) is 88.7 Å². The molecule has 4 fully saturated rings. The van der Waals surface area contributed by atoms with E-state index < -0.39 is 35.3 Å². The number of hydrogen-bond acceptors (Lipinski definition) is 16. The predicted octanol–water partition coefficient (Wildman–Crippen LogP) is 5.35. The molecule has 4 heterocycles. The number of carbonyl (C=O) groups is 4. The molecule has 2 aromatic heterocycles. The Morgan fingerprint density at radius 3 is 1.35 bits per heavy atom. The fraction of sp³-hybridized carbons (Fsp3) is 0.727. The number of aromatic nitrogens is 4. The molecule has 2 saturated heterocycles. The van der Waals surface area contributed by atoms with Gasteiger partial charge in [0, 0.05) is 50.3 Å². The lowest BCUT2D eigenvalue weighted by Gasteiger charge is -2.44. The van der Waals surface area contributed by atoms with Crippen molar-refractivity contribution in [2.24, 2.45) is 23.7 Å². The number of hydrogen-bond donors (Lipinski definition) is 6. The number of amides is 4. The number of nitrogens with zero attached hydrogens (tertiary/aromatic N) is 10. The normalized spacial score (nSPS) is 22.5. The molecule has 0 radical (unpaired) electrons. The van der Waals surface area contributed by atoms with Crippen LogP contribution < -0.4 is 31.5 Å². The maximum Gasteiger partial charge on any atom is 0.243 e. The minimum Gasteiger partial charge on any atom is -0.348 e. The van der Waals surface area contributed by atoms with Crippen molar-refractivity contribution in [2.45, 2.75) is 129 Å². The first-order valence-corrected chi connectivity index (χ1v) is 24.5. The molecule has 20 nitrogen and oxygen atoms in total. The van der Waals surface area contributed by atoms with E-state index in [0.717, 1.165) is 77.3 Å². The van der Waals surface area contributed by atoms with Gasteiger partial charge in [-0.1, -0.05) is 65.2 Å². The second-order valence-electron chi connectivity index (χ2n) is 18.8. The van der Waals surface area contributed by atoms with Crippen LogP contribution in [0.5, 0.6) is 0 Å². The first-order chi connectivity index (χ1) is 32.5. The molecule has 6 rings (SSSR count). The Kier molecular flexibility index (Phi) is 20.8. The zero-order valence-electron chi connectivity index (χ0n) is 40.0. The van der Waals surface area contributed by atoms with Gasteiger partial charge in [-0.3, -0.25) is 61.1 Å². The quantitative estimate of drug-likeness (QED) is 0.0425. The van der Waals surface area contributed by atoms with Gasteiger partial charge in [-0.15, -0.1) is 0 Å². The van der Waals surface area contributed by atoms with Crippen molar-refractivity contribution >= 4 is 71.1 Å². The maximum absolute atomic E-state index is 15.4. The van der Waals surface area contributed by atoms with Crippen LogP contribution in [0.25, 0.3) is 0 Å². The van der Waals surface area contributed by atoms with E-state index in [0.29, 0.717) is 47.9 Å². The minimum atomic E-state index is -0.708. The molecule has 380 valence electrons. The fourth-order valence-corrected chi connectivity index (χ4v) is 10.4. The summed E-state index contributed by atoms with van der Waals surface area (Å²) in [6.07, 6.45) is 11.8. The summed E-state index contributed by atoms with van der Waals surface area (Å²) in [6.45, 7) is 10.5. The highest BCUT2D eigenvalue weighted by atomic mass is 35.5. The average molecular weight is 1000 g/mol. The molecular formula is C44H70Cl2F2N14O6. The molecule has 0 unspecified atom stereocenters. The molecule has 4 aliphatic rings. The molecule has 6 N–H and O–H groups in total.